The summed E-state index contributed by atoms with van der Waals surface area (Å²) in [4.78, 5) is 49.5. The molecule has 2 aromatic carbocycles. The minimum Gasteiger partial charge on any atom is -0.493 e. The van der Waals surface area contributed by atoms with Crippen LogP contribution in [0.2, 0.25) is 0 Å². The Morgan fingerprint density at radius 3 is 1.54 bits per heavy atom. The number of hydrogen-bond acceptors (Lipinski definition) is 10. The first-order valence-electron chi connectivity index (χ1n) is 18.9. The molecule has 14 heteroatoms. The van der Waals surface area contributed by atoms with E-state index in [0.29, 0.717) is 40.7 Å². The first kappa shape index (κ1) is 48.6. The third-order valence-electron chi connectivity index (χ3n) is 7.34. The van der Waals surface area contributed by atoms with Crippen LogP contribution in [0.4, 0.5) is 9.59 Å². The number of ether oxygens (including phenoxy) is 6. The molecule has 0 radical (unpaired) electrons. The second-order valence-corrected chi connectivity index (χ2v) is 17.1. The molecular formula is C42H58I2N2O10. The summed E-state index contributed by atoms with van der Waals surface area (Å²) in [6.45, 7) is 14.3. The highest BCUT2D eigenvalue weighted by molar-refractivity contribution is 14.1. The van der Waals surface area contributed by atoms with Gasteiger partial charge in [0, 0.05) is 0 Å². The van der Waals surface area contributed by atoms with Gasteiger partial charge in [-0.15, -0.1) is 0 Å². The molecule has 0 saturated heterocycles. The number of hydrogen-bond donors (Lipinski definition) is 2. The molecular weight excluding hydrogens is 946 g/mol. The third kappa shape index (κ3) is 20.6. The molecule has 0 unspecified atom stereocenters. The zero-order valence-electron chi connectivity index (χ0n) is 33.9. The van der Waals surface area contributed by atoms with Crippen molar-refractivity contribution in [2.24, 2.45) is 0 Å². The number of ketones is 2. The minimum atomic E-state index is -0.601. The average Bonchev–Trinajstić information content (AvgIpc) is 3.09. The summed E-state index contributed by atoms with van der Waals surface area (Å²) in [6.07, 6.45) is 11.4. The van der Waals surface area contributed by atoms with E-state index >= 15 is 0 Å². The lowest BCUT2D eigenvalue weighted by Gasteiger charge is -2.20. The molecule has 0 aliphatic heterocycles. The minimum absolute atomic E-state index is 0.189. The molecule has 12 nitrogen and oxygen atoms in total. The van der Waals surface area contributed by atoms with Crippen molar-refractivity contribution in [2.45, 2.75) is 105 Å². The second-order valence-electron chi connectivity index (χ2n) is 14.8. The molecule has 0 bridgehead atoms. The zero-order chi connectivity index (χ0) is 41.7. The van der Waals surface area contributed by atoms with Gasteiger partial charge >= 0.3 is 12.2 Å². The van der Waals surface area contributed by atoms with Gasteiger partial charge < -0.3 is 39.1 Å². The van der Waals surface area contributed by atoms with Crippen molar-refractivity contribution in [3.63, 3.8) is 0 Å². The highest BCUT2D eigenvalue weighted by Gasteiger charge is 2.18. The molecule has 0 aliphatic carbocycles. The maximum absolute atomic E-state index is 12.8. The topological polar surface area (TPSA) is 148 Å². The van der Waals surface area contributed by atoms with Crippen LogP contribution in [0.5, 0.6) is 23.0 Å². The number of halogens is 2. The Labute approximate surface area is 359 Å². The molecule has 2 rings (SSSR count). The largest absolute Gasteiger partial charge is 0.493 e. The molecule has 0 fully saturated rings. The predicted octanol–water partition coefficient (Wildman–Crippen LogP) is 9.71. The summed E-state index contributed by atoms with van der Waals surface area (Å²) >= 11 is 4.27. The zero-order valence-corrected chi connectivity index (χ0v) is 38.3. The van der Waals surface area contributed by atoms with Crippen LogP contribution >= 0.6 is 45.2 Å². The third-order valence-corrected chi connectivity index (χ3v) is 8.95. The molecule has 56 heavy (non-hydrogen) atoms. The molecule has 0 saturated carbocycles. The lowest BCUT2D eigenvalue weighted by molar-refractivity contribution is -0.121. The number of unbranched alkanes of at least 4 members (excludes halogenated alkanes) is 5. The number of alkyl carbamates (subject to hydrolysis) is 2. The van der Waals surface area contributed by atoms with Gasteiger partial charge in [0.15, 0.2) is 34.6 Å². The van der Waals surface area contributed by atoms with Gasteiger partial charge in [-0.25, -0.2) is 9.59 Å². The summed E-state index contributed by atoms with van der Waals surface area (Å²) < 4.78 is 35.6. The summed E-state index contributed by atoms with van der Waals surface area (Å²) in [5.41, 5.74) is 0.206. The van der Waals surface area contributed by atoms with Gasteiger partial charge in [-0.2, -0.15) is 0 Å². The number of nitrogens with one attached hydrogen (secondary N) is 2. The van der Waals surface area contributed by atoms with E-state index in [0.717, 1.165) is 26.4 Å². The van der Waals surface area contributed by atoms with Crippen molar-refractivity contribution in [3.8, 4) is 23.0 Å². The highest BCUT2D eigenvalue weighted by Crippen LogP contribution is 2.36. The molecule has 2 N–H and O–H groups in total. The first-order chi connectivity index (χ1) is 26.4. The van der Waals surface area contributed by atoms with Crippen LogP contribution in [0.15, 0.2) is 36.4 Å². The Morgan fingerprint density at radius 1 is 0.625 bits per heavy atom. The van der Waals surface area contributed by atoms with Crippen LogP contribution < -0.4 is 29.6 Å². The summed E-state index contributed by atoms with van der Waals surface area (Å²) in [5.74, 6) is 1.33. The number of rotatable bonds is 23. The number of benzene rings is 2. The van der Waals surface area contributed by atoms with E-state index < -0.39 is 23.4 Å². The van der Waals surface area contributed by atoms with Gasteiger partial charge in [-0.05, 0) is 141 Å². The van der Waals surface area contributed by atoms with E-state index in [1.807, 2.05) is 12.1 Å². The summed E-state index contributed by atoms with van der Waals surface area (Å²) in [7, 11) is 1.51. The fraction of sp³-hybridized carbons (Fsp3) is 0.524. The van der Waals surface area contributed by atoms with E-state index in [1.165, 1.54) is 38.5 Å². The van der Waals surface area contributed by atoms with Gasteiger partial charge in [0.25, 0.3) is 0 Å². The van der Waals surface area contributed by atoms with E-state index in [1.54, 1.807) is 65.8 Å². The number of allylic oxidation sites excluding steroid dienone is 2. The highest BCUT2D eigenvalue weighted by atomic mass is 127. The van der Waals surface area contributed by atoms with Crippen LogP contribution in [0.25, 0.3) is 12.2 Å². The fourth-order valence-corrected chi connectivity index (χ4v) is 6.44. The molecule has 0 aliphatic rings. The molecule has 2 amide bonds. The summed E-state index contributed by atoms with van der Waals surface area (Å²) in [6, 6.07) is 7.22. The van der Waals surface area contributed by atoms with Crippen molar-refractivity contribution in [2.75, 3.05) is 40.0 Å². The Kier molecular flexibility index (Phi) is 21.7. The monoisotopic (exact) mass is 1000 g/mol. The fourth-order valence-electron chi connectivity index (χ4n) is 4.88. The number of methoxy groups -OCH3 is 1. The first-order valence-corrected chi connectivity index (χ1v) is 21.0. The SMILES string of the molecule is CCCCCCCCOc1cc(C=CC(=O)CC(=O)C=Cc2cc(I)c(OCCNC(=O)OC(C)(C)C)c(OC)c2)cc(I)c1OCCNC(=O)OC(C)(C)C. The Hall–Kier alpha value is -3.54. The van der Waals surface area contributed by atoms with Crippen molar-refractivity contribution >= 4 is 81.1 Å². The average molecular weight is 1000 g/mol. The quantitative estimate of drug-likeness (QED) is 0.0478. The number of carbonyl (C=O) groups is 4. The Balaban J connectivity index is 2.04. The van der Waals surface area contributed by atoms with E-state index in [9.17, 15) is 19.2 Å². The lowest BCUT2D eigenvalue weighted by Crippen LogP contribution is -2.34. The van der Waals surface area contributed by atoms with E-state index in [4.69, 9.17) is 28.4 Å². The van der Waals surface area contributed by atoms with Gasteiger partial charge in [-0.1, -0.05) is 51.2 Å². The van der Waals surface area contributed by atoms with Gasteiger partial charge in [0.2, 0.25) is 0 Å². The van der Waals surface area contributed by atoms with Crippen molar-refractivity contribution in [1.82, 2.24) is 10.6 Å². The van der Waals surface area contributed by atoms with E-state index in [2.05, 4.69) is 62.7 Å². The number of carbonyl (C=O) groups excluding carboxylic acids is 4. The summed E-state index contributed by atoms with van der Waals surface area (Å²) in [5, 5.41) is 5.34. The molecule has 310 valence electrons. The lowest BCUT2D eigenvalue weighted by atomic mass is 10.1. The molecule has 0 spiro atoms. The standard InChI is InChI=1S/C42H58I2N2O10/c1-9-10-11-12-13-14-21-52-36-27-30(25-34(44)38(36)54-23-20-46-40(50)56-42(5,6)7)16-18-32(48)28-31(47)17-15-29-24-33(43)37(35(26-29)51-8)53-22-19-45-39(49)55-41(2,3)4/h15-18,24-27H,9-14,19-23,28H2,1-8H3,(H,45,49)(H,46,50). The van der Waals surface area contributed by atoms with Crippen LogP contribution in [0.3, 0.4) is 0 Å². The molecule has 0 heterocycles. The normalized spacial score (nSPS) is 11.7. The molecule has 0 aromatic heterocycles. The van der Waals surface area contributed by atoms with Crippen molar-refractivity contribution in [1.29, 1.82) is 0 Å². The van der Waals surface area contributed by atoms with Crippen LogP contribution in [-0.2, 0) is 19.1 Å². The van der Waals surface area contributed by atoms with Crippen molar-refractivity contribution in [3.05, 3.63) is 54.7 Å². The second kappa shape index (κ2) is 25.0. The molecule has 2 aromatic rings. The molecule has 0 atom stereocenters. The van der Waals surface area contributed by atoms with Crippen LogP contribution in [0.1, 0.15) is 105 Å². The maximum Gasteiger partial charge on any atom is 0.407 e. The van der Waals surface area contributed by atoms with Crippen LogP contribution in [-0.4, -0.2) is 75.0 Å². The predicted molar refractivity (Wildman–Crippen MR) is 236 cm³/mol. The van der Waals surface area contributed by atoms with E-state index in [-0.39, 0.29) is 44.3 Å². The Morgan fingerprint density at radius 2 is 1.07 bits per heavy atom. The Bertz CT molecular complexity index is 1660. The van der Waals surface area contributed by atoms with Gasteiger partial charge in [0.05, 0.1) is 40.4 Å². The van der Waals surface area contributed by atoms with Crippen LogP contribution in [0, 0.1) is 7.14 Å². The maximum atomic E-state index is 12.8. The number of amides is 2. The van der Waals surface area contributed by atoms with Gasteiger partial charge in [-0.3, -0.25) is 9.59 Å². The van der Waals surface area contributed by atoms with Crippen molar-refractivity contribution < 1.29 is 47.6 Å². The smallest absolute Gasteiger partial charge is 0.407 e. The van der Waals surface area contributed by atoms with Gasteiger partial charge in [0.1, 0.15) is 24.4 Å².